The van der Waals surface area contributed by atoms with Gasteiger partial charge in [0.1, 0.15) is 11.4 Å². The smallest absolute Gasteiger partial charge is 0.242 e. The summed E-state index contributed by atoms with van der Waals surface area (Å²) in [5.74, 6) is 0.865. The molecule has 0 saturated heterocycles. The van der Waals surface area contributed by atoms with Gasteiger partial charge < -0.3 is 4.43 Å². The van der Waals surface area contributed by atoms with Gasteiger partial charge in [0, 0.05) is 25.0 Å². The zero-order valence-corrected chi connectivity index (χ0v) is 13.7. The third kappa shape index (κ3) is 3.80. The van der Waals surface area contributed by atoms with Gasteiger partial charge in [-0.25, -0.2) is 0 Å². The minimum absolute atomic E-state index is 0.865. The van der Waals surface area contributed by atoms with Gasteiger partial charge in [0.15, 0.2) is 0 Å². The van der Waals surface area contributed by atoms with Gasteiger partial charge in [-0.1, -0.05) is 12.1 Å². The zero-order valence-electron chi connectivity index (χ0n) is 12.7. The van der Waals surface area contributed by atoms with Gasteiger partial charge >= 0.3 is 0 Å². The summed E-state index contributed by atoms with van der Waals surface area (Å²) in [6, 6.07) is 6.04. The van der Waals surface area contributed by atoms with Crippen molar-refractivity contribution < 1.29 is 4.43 Å². The Morgan fingerprint density at radius 1 is 1.30 bits per heavy atom. The number of hydrogen-bond donors (Lipinski definition) is 0. The Hall–Kier alpha value is -1.88. The molecule has 20 heavy (non-hydrogen) atoms. The van der Waals surface area contributed by atoms with Crippen molar-refractivity contribution >= 4 is 20.2 Å². The molecule has 2 aromatic rings. The van der Waals surface area contributed by atoms with Crippen LogP contribution in [0.15, 0.2) is 35.6 Å². The average molecular weight is 287 g/mol. The van der Waals surface area contributed by atoms with Gasteiger partial charge in [0.05, 0.1) is 6.20 Å². The zero-order chi connectivity index (χ0) is 14.8. The molecule has 0 bridgehead atoms. The van der Waals surface area contributed by atoms with Crippen LogP contribution < -0.4 is 4.43 Å². The normalized spacial score (nSPS) is 12.1. The number of benzene rings is 1. The Balaban J connectivity index is 2.32. The fourth-order valence-electron chi connectivity index (χ4n) is 1.86. The Labute approximate surface area is 121 Å². The van der Waals surface area contributed by atoms with E-state index in [1.54, 1.807) is 10.9 Å². The van der Waals surface area contributed by atoms with Crippen molar-refractivity contribution in [2.24, 2.45) is 12.0 Å². The number of rotatable bonds is 4. The van der Waals surface area contributed by atoms with Crippen LogP contribution in [0.25, 0.3) is 0 Å². The molecule has 0 spiro atoms. The summed E-state index contributed by atoms with van der Waals surface area (Å²) in [5, 5.41) is 4.13. The summed E-state index contributed by atoms with van der Waals surface area (Å²) in [6.45, 7) is 8.56. The molecule has 0 N–H and O–H groups in total. The highest BCUT2D eigenvalue weighted by molar-refractivity contribution is 6.70. The maximum absolute atomic E-state index is 6.11. The SMILES string of the molecule is Cc1cccc(O[Si](C)(C)C)c1N=Cc1cnn(C)c1. The van der Waals surface area contributed by atoms with Crippen molar-refractivity contribution in [1.29, 1.82) is 0 Å². The quantitative estimate of drug-likeness (QED) is 0.635. The molecular weight excluding hydrogens is 266 g/mol. The van der Waals surface area contributed by atoms with Crippen molar-refractivity contribution in [2.75, 3.05) is 0 Å². The highest BCUT2D eigenvalue weighted by atomic mass is 28.4. The molecule has 0 aliphatic carbocycles. The van der Waals surface area contributed by atoms with Gasteiger partial charge in [-0.3, -0.25) is 9.67 Å². The van der Waals surface area contributed by atoms with E-state index in [1.165, 1.54) is 0 Å². The van der Waals surface area contributed by atoms with E-state index in [4.69, 9.17) is 4.43 Å². The predicted molar refractivity (Wildman–Crippen MR) is 85.6 cm³/mol. The summed E-state index contributed by atoms with van der Waals surface area (Å²) < 4.78 is 7.87. The van der Waals surface area contributed by atoms with Crippen LogP contribution in [0.2, 0.25) is 19.6 Å². The summed E-state index contributed by atoms with van der Waals surface area (Å²) in [6.07, 6.45) is 5.55. The second-order valence-electron chi connectivity index (χ2n) is 5.84. The second-order valence-corrected chi connectivity index (χ2v) is 10.3. The molecule has 0 atom stereocenters. The van der Waals surface area contributed by atoms with E-state index >= 15 is 0 Å². The van der Waals surface area contributed by atoms with Crippen molar-refractivity contribution in [2.45, 2.75) is 26.6 Å². The van der Waals surface area contributed by atoms with Crippen LogP contribution in [-0.4, -0.2) is 24.3 Å². The lowest BCUT2D eigenvalue weighted by Gasteiger charge is -2.21. The highest BCUT2D eigenvalue weighted by Crippen LogP contribution is 2.32. The number of aromatic nitrogens is 2. The highest BCUT2D eigenvalue weighted by Gasteiger charge is 2.18. The van der Waals surface area contributed by atoms with Gasteiger partial charge in [0.2, 0.25) is 8.32 Å². The second kappa shape index (κ2) is 5.62. The van der Waals surface area contributed by atoms with Gasteiger partial charge in [-0.05, 0) is 38.2 Å². The monoisotopic (exact) mass is 287 g/mol. The topological polar surface area (TPSA) is 39.4 Å². The maximum Gasteiger partial charge on any atom is 0.242 e. The van der Waals surface area contributed by atoms with E-state index in [9.17, 15) is 0 Å². The molecule has 0 unspecified atom stereocenters. The van der Waals surface area contributed by atoms with Gasteiger partial charge in [-0.2, -0.15) is 5.10 Å². The first-order chi connectivity index (χ1) is 9.35. The van der Waals surface area contributed by atoms with Crippen LogP contribution in [0, 0.1) is 6.92 Å². The van der Waals surface area contributed by atoms with Gasteiger partial charge in [0.25, 0.3) is 0 Å². The third-order valence-corrected chi connectivity index (χ3v) is 3.52. The largest absolute Gasteiger partial charge is 0.543 e. The molecule has 1 heterocycles. The number of aryl methyl sites for hydroxylation is 2. The van der Waals surface area contributed by atoms with Crippen molar-refractivity contribution in [1.82, 2.24) is 9.78 Å². The number of aliphatic imine (C=N–C) groups is 1. The molecule has 0 fully saturated rings. The van der Waals surface area contributed by atoms with Crippen molar-refractivity contribution in [3.05, 3.63) is 41.7 Å². The fraction of sp³-hybridized carbons (Fsp3) is 0.333. The van der Waals surface area contributed by atoms with Crippen molar-refractivity contribution in [3.8, 4) is 5.75 Å². The fourth-order valence-corrected chi connectivity index (χ4v) is 2.68. The molecule has 0 aliphatic rings. The van der Waals surface area contributed by atoms with Crippen LogP contribution in [0.4, 0.5) is 5.69 Å². The summed E-state index contributed by atoms with van der Waals surface area (Å²) in [5.41, 5.74) is 2.99. The number of hydrogen-bond acceptors (Lipinski definition) is 3. The molecule has 1 aromatic carbocycles. The molecule has 5 heteroatoms. The van der Waals surface area contributed by atoms with E-state index in [0.717, 1.165) is 22.6 Å². The molecule has 2 rings (SSSR count). The van der Waals surface area contributed by atoms with E-state index in [1.807, 2.05) is 44.6 Å². The molecular formula is C15H21N3OSi. The number of nitrogens with zero attached hydrogens (tertiary/aromatic N) is 3. The van der Waals surface area contributed by atoms with E-state index in [-0.39, 0.29) is 0 Å². The minimum Gasteiger partial charge on any atom is -0.543 e. The molecule has 0 amide bonds. The summed E-state index contributed by atoms with van der Waals surface area (Å²) >= 11 is 0. The standard InChI is InChI=1S/C15H21N3OSi/c1-12-7-6-8-14(19-20(3,4)5)15(12)16-9-13-10-17-18(2)11-13/h6-11H,1-5H3. The number of para-hydroxylation sites is 1. The average Bonchev–Trinajstić information content (AvgIpc) is 2.72. The lowest BCUT2D eigenvalue weighted by molar-refractivity contribution is 0.558. The lowest BCUT2D eigenvalue weighted by atomic mass is 10.2. The molecule has 4 nitrogen and oxygen atoms in total. The van der Waals surface area contributed by atoms with E-state index in [0.29, 0.717) is 0 Å². The summed E-state index contributed by atoms with van der Waals surface area (Å²) in [4.78, 5) is 4.59. The third-order valence-electron chi connectivity index (χ3n) is 2.68. The van der Waals surface area contributed by atoms with E-state index < -0.39 is 8.32 Å². The molecule has 0 radical (unpaired) electrons. The molecule has 106 valence electrons. The summed E-state index contributed by atoms with van der Waals surface area (Å²) in [7, 11) is 0.247. The minimum atomic E-state index is -1.65. The Bertz CT molecular complexity index is 626. The van der Waals surface area contributed by atoms with Crippen LogP contribution in [0.3, 0.4) is 0 Å². The van der Waals surface area contributed by atoms with Crippen LogP contribution >= 0.6 is 0 Å². The van der Waals surface area contributed by atoms with Crippen molar-refractivity contribution in [3.63, 3.8) is 0 Å². The first-order valence-corrected chi connectivity index (χ1v) is 10.1. The maximum atomic E-state index is 6.11. The Morgan fingerprint density at radius 2 is 2.05 bits per heavy atom. The Kier molecular flexibility index (Phi) is 4.08. The van der Waals surface area contributed by atoms with E-state index in [2.05, 4.69) is 29.7 Å². The predicted octanol–water partition coefficient (Wildman–Crippen LogP) is 3.69. The molecule has 0 saturated carbocycles. The molecule has 1 aromatic heterocycles. The molecule has 0 aliphatic heterocycles. The lowest BCUT2D eigenvalue weighted by Crippen LogP contribution is -2.29. The van der Waals surface area contributed by atoms with Crippen LogP contribution in [0.5, 0.6) is 5.75 Å². The van der Waals surface area contributed by atoms with Crippen LogP contribution in [0.1, 0.15) is 11.1 Å². The van der Waals surface area contributed by atoms with Gasteiger partial charge in [-0.15, -0.1) is 0 Å². The van der Waals surface area contributed by atoms with Crippen LogP contribution in [-0.2, 0) is 7.05 Å². The first kappa shape index (κ1) is 14.5. The Morgan fingerprint density at radius 3 is 2.65 bits per heavy atom. The first-order valence-electron chi connectivity index (χ1n) is 6.66.